The summed E-state index contributed by atoms with van der Waals surface area (Å²) in [5.41, 5.74) is 1.74. The van der Waals surface area contributed by atoms with Crippen LogP contribution in [0.3, 0.4) is 0 Å². The van der Waals surface area contributed by atoms with Gasteiger partial charge >= 0.3 is 5.69 Å². The van der Waals surface area contributed by atoms with Crippen molar-refractivity contribution in [2.24, 2.45) is 14.1 Å². The minimum atomic E-state index is -0.413. The molecule has 1 aliphatic rings. The van der Waals surface area contributed by atoms with Crippen molar-refractivity contribution in [1.29, 1.82) is 0 Å². The van der Waals surface area contributed by atoms with Gasteiger partial charge < -0.3 is 15.1 Å². The number of aromatic nitrogens is 4. The van der Waals surface area contributed by atoms with Gasteiger partial charge in [0.1, 0.15) is 0 Å². The first-order chi connectivity index (χ1) is 17.3. The number of hydrogen-bond donors (Lipinski definition) is 1. The van der Waals surface area contributed by atoms with Crippen LogP contribution in [0.4, 0.5) is 11.6 Å². The average molecular weight is 524 g/mol. The lowest BCUT2D eigenvalue weighted by Crippen LogP contribution is -2.50. The lowest BCUT2D eigenvalue weighted by atomic mass is 10.2. The first kappa shape index (κ1) is 24.1. The fourth-order valence-corrected chi connectivity index (χ4v) is 4.95. The van der Waals surface area contributed by atoms with E-state index >= 15 is 0 Å². The van der Waals surface area contributed by atoms with E-state index in [0.717, 1.165) is 15.8 Å². The number of rotatable bonds is 4. The van der Waals surface area contributed by atoms with Crippen molar-refractivity contribution in [3.05, 3.63) is 86.0 Å². The van der Waals surface area contributed by atoms with E-state index in [1.54, 1.807) is 7.05 Å². The normalized spacial score (nSPS) is 13.9. The lowest BCUT2D eigenvalue weighted by molar-refractivity contribution is 0.386. The number of hydrogen-bond acceptors (Lipinski definition) is 5. The number of aryl methyl sites for hydroxylation is 1. The Morgan fingerprint density at radius 1 is 0.972 bits per heavy atom. The van der Waals surface area contributed by atoms with Crippen LogP contribution in [-0.2, 0) is 20.6 Å². The fraction of sp³-hybridized carbons (Fsp3) is 0.280. The van der Waals surface area contributed by atoms with Gasteiger partial charge in [-0.1, -0.05) is 48.0 Å². The molecule has 1 N–H and O–H groups in total. The van der Waals surface area contributed by atoms with Crippen LogP contribution in [0.1, 0.15) is 5.56 Å². The van der Waals surface area contributed by atoms with Gasteiger partial charge in [0.25, 0.3) is 5.56 Å². The van der Waals surface area contributed by atoms with Gasteiger partial charge in [-0.2, -0.15) is 4.98 Å². The van der Waals surface area contributed by atoms with Gasteiger partial charge in [0.05, 0.1) is 6.54 Å². The maximum absolute atomic E-state index is 13.2. The first-order valence-electron chi connectivity index (χ1n) is 11.6. The molecule has 0 bridgehead atoms. The molecule has 2 aromatic carbocycles. The van der Waals surface area contributed by atoms with Crippen molar-refractivity contribution in [2.75, 3.05) is 36.4 Å². The molecule has 0 aliphatic carbocycles. The molecule has 1 saturated heterocycles. The molecule has 0 unspecified atom stereocenters. The maximum atomic E-state index is 13.2. The summed E-state index contributed by atoms with van der Waals surface area (Å²) >= 11 is 12.1. The molecule has 3 heterocycles. The van der Waals surface area contributed by atoms with Crippen LogP contribution >= 0.6 is 23.8 Å². The monoisotopic (exact) mass is 523 g/mol. The van der Waals surface area contributed by atoms with Crippen LogP contribution < -0.4 is 21.5 Å². The molecule has 0 amide bonds. The number of fused-ring (bicyclic) bond motifs is 1. The maximum Gasteiger partial charge on any atom is 0.332 e. The number of thiocarbonyl (C=S) groups is 1. The molecule has 0 spiro atoms. The highest BCUT2D eigenvalue weighted by molar-refractivity contribution is 7.80. The van der Waals surface area contributed by atoms with Crippen LogP contribution in [0.2, 0.25) is 5.02 Å². The highest BCUT2D eigenvalue weighted by atomic mass is 35.5. The molecule has 4 aromatic rings. The number of nitrogens with zero attached hydrogens (tertiary/aromatic N) is 6. The molecule has 1 fully saturated rings. The van der Waals surface area contributed by atoms with E-state index in [4.69, 9.17) is 28.8 Å². The summed E-state index contributed by atoms with van der Waals surface area (Å²) in [7, 11) is 3.11. The Balaban J connectivity index is 1.48. The predicted molar refractivity (Wildman–Crippen MR) is 147 cm³/mol. The number of para-hydroxylation sites is 1. The Kier molecular flexibility index (Phi) is 6.55. The largest absolute Gasteiger partial charge is 0.345 e. The highest BCUT2D eigenvalue weighted by Crippen LogP contribution is 2.25. The van der Waals surface area contributed by atoms with Gasteiger partial charge in [-0.15, -0.1) is 0 Å². The zero-order valence-corrected chi connectivity index (χ0v) is 21.6. The summed E-state index contributed by atoms with van der Waals surface area (Å²) < 4.78 is 4.40. The number of piperazine rings is 1. The van der Waals surface area contributed by atoms with Crippen LogP contribution in [0.5, 0.6) is 0 Å². The molecule has 36 heavy (non-hydrogen) atoms. The molecule has 186 valence electrons. The Morgan fingerprint density at radius 3 is 2.33 bits per heavy atom. The van der Waals surface area contributed by atoms with E-state index in [9.17, 15) is 9.59 Å². The van der Waals surface area contributed by atoms with Crippen LogP contribution in [0, 0.1) is 0 Å². The van der Waals surface area contributed by atoms with Gasteiger partial charge in [-0.25, -0.2) is 4.79 Å². The van der Waals surface area contributed by atoms with Gasteiger partial charge in [-0.05, 0) is 36.0 Å². The summed E-state index contributed by atoms with van der Waals surface area (Å²) in [5, 5.41) is 4.56. The molecular formula is C25H26ClN7O2S. The van der Waals surface area contributed by atoms with E-state index < -0.39 is 5.69 Å². The number of benzene rings is 2. The average Bonchev–Trinajstić information content (AvgIpc) is 3.27. The van der Waals surface area contributed by atoms with Gasteiger partial charge in [0.15, 0.2) is 16.3 Å². The molecule has 9 nitrogen and oxygen atoms in total. The molecule has 0 saturated carbocycles. The standard InChI is InChI=1S/C25H26ClN7O2S/c1-29-21-20(22(34)30(2)25(29)35)33(16-17-8-6-7-11-19(17)26)23(28-21)31-12-14-32(15-13-31)24(36)27-18-9-4-3-5-10-18/h3-11H,12-16H2,1-2H3,(H,27,36). The van der Waals surface area contributed by atoms with Crippen molar-refractivity contribution in [3.8, 4) is 0 Å². The van der Waals surface area contributed by atoms with Gasteiger partial charge in [0, 0.05) is 51.0 Å². The Morgan fingerprint density at radius 2 is 1.64 bits per heavy atom. The first-order valence-corrected chi connectivity index (χ1v) is 12.4. The van der Waals surface area contributed by atoms with Gasteiger partial charge in [0.2, 0.25) is 5.95 Å². The molecule has 0 radical (unpaired) electrons. The predicted octanol–water partition coefficient (Wildman–Crippen LogP) is 2.65. The number of anilines is 2. The third-order valence-electron chi connectivity index (χ3n) is 6.49. The molecule has 1 aliphatic heterocycles. The fourth-order valence-electron chi connectivity index (χ4n) is 4.46. The third kappa shape index (κ3) is 4.38. The minimum absolute atomic E-state index is 0.354. The second-order valence-electron chi connectivity index (χ2n) is 8.74. The van der Waals surface area contributed by atoms with E-state index in [-0.39, 0.29) is 5.56 Å². The van der Waals surface area contributed by atoms with Crippen molar-refractivity contribution in [1.82, 2.24) is 23.6 Å². The Hall–Kier alpha value is -3.63. The lowest BCUT2D eigenvalue weighted by Gasteiger charge is -2.36. The topological polar surface area (TPSA) is 80.3 Å². The van der Waals surface area contributed by atoms with E-state index in [0.29, 0.717) is 60.0 Å². The Labute approximate surface area is 218 Å². The SMILES string of the molecule is Cn1c(=O)c2c(nc(N3CCN(C(=S)Nc4ccccc4)CC3)n2Cc2ccccc2Cl)n(C)c1=O. The highest BCUT2D eigenvalue weighted by Gasteiger charge is 2.26. The minimum Gasteiger partial charge on any atom is -0.345 e. The number of nitrogens with one attached hydrogen (secondary N) is 1. The van der Waals surface area contributed by atoms with Crippen LogP contribution in [0.15, 0.2) is 64.2 Å². The van der Waals surface area contributed by atoms with E-state index in [2.05, 4.69) is 15.1 Å². The number of imidazole rings is 1. The van der Waals surface area contributed by atoms with Gasteiger partial charge in [-0.3, -0.25) is 18.5 Å². The van der Waals surface area contributed by atoms with Crippen LogP contribution in [-0.4, -0.2) is 54.9 Å². The summed E-state index contributed by atoms with van der Waals surface area (Å²) in [6, 6.07) is 17.4. The third-order valence-corrected chi connectivity index (χ3v) is 7.22. The molecule has 11 heteroatoms. The van der Waals surface area contributed by atoms with Crippen LogP contribution in [0.25, 0.3) is 11.2 Å². The van der Waals surface area contributed by atoms with E-state index in [1.165, 1.54) is 11.6 Å². The second-order valence-corrected chi connectivity index (χ2v) is 9.53. The zero-order valence-electron chi connectivity index (χ0n) is 20.0. The smallest absolute Gasteiger partial charge is 0.332 e. The number of halogens is 1. The quantitative estimate of drug-likeness (QED) is 0.412. The van der Waals surface area contributed by atoms with Crippen molar-refractivity contribution < 1.29 is 0 Å². The van der Waals surface area contributed by atoms with Crippen molar-refractivity contribution in [2.45, 2.75) is 6.54 Å². The molecule has 0 atom stereocenters. The summed E-state index contributed by atoms with van der Waals surface area (Å²) in [6.07, 6.45) is 0. The summed E-state index contributed by atoms with van der Waals surface area (Å²) in [5.74, 6) is 0.629. The zero-order chi connectivity index (χ0) is 25.4. The molecule has 5 rings (SSSR count). The summed E-state index contributed by atoms with van der Waals surface area (Å²) in [4.78, 5) is 34.8. The second kappa shape index (κ2) is 9.79. The van der Waals surface area contributed by atoms with Crippen molar-refractivity contribution >= 4 is 51.7 Å². The van der Waals surface area contributed by atoms with E-state index in [1.807, 2.05) is 59.2 Å². The Bertz CT molecular complexity index is 1550. The van der Waals surface area contributed by atoms with Crippen molar-refractivity contribution in [3.63, 3.8) is 0 Å². The molecular weight excluding hydrogens is 498 g/mol. The summed E-state index contributed by atoms with van der Waals surface area (Å²) in [6.45, 7) is 3.02. The molecule has 2 aromatic heterocycles.